The van der Waals surface area contributed by atoms with Crippen molar-refractivity contribution in [1.29, 1.82) is 0 Å². The summed E-state index contributed by atoms with van der Waals surface area (Å²) in [6.45, 7) is 3.01. The smallest absolute Gasteiger partial charge is 0.293 e. The quantitative estimate of drug-likeness (QED) is 0.384. The van der Waals surface area contributed by atoms with Crippen molar-refractivity contribution < 1.29 is 19.3 Å². The highest BCUT2D eigenvalue weighted by Gasteiger charge is 2.47. The number of nitro benzene ring substituents is 1. The van der Waals surface area contributed by atoms with Crippen LogP contribution in [0.15, 0.2) is 24.3 Å². The first-order valence-corrected chi connectivity index (χ1v) is 8.36. The fraction of sp³-hybridized carbons (Fsp3) is 0.389. The zero-order valence-corrected chi connectivity index (χ0v) is 14.5. The Hall–Kier alpha value is -3.03. The summed E-state index contributed by atoms with van der Waals surface area (Å²) in [5, 5.41) is 13.7. The van der Waals surface area contributed by atoms with Crippen LogP contribution in [-0.4, -0.2) is 34.1 Å². The van der Waals surface area contributed by atoms with E-state index in [2.05, 4.69) is 5.32 Å². The Kier molecular flexibility index (Phi) is 4.58. The Labute approximate surface area is 150 Å². The lowest BCUT2D eigenvalue weighted by atomic mass is 9.85. The number of nitrogens with zero attached hydrogens (tertiary/aromatic N) is 2. The van der Waals surface area contributed by atoms with Gasteiger partial charge in [-0.3, -0.25) is 29.4 Å². The van der Waals surface area contributed by atoms with Gasteiger partial charge >= 0.3 is 0 Å². The van der Waals surface area contributed by atoms with Gasteiger partial charge in [0.05, 0.1) is 16.8 Å². The van der Waals surface area contributed by atoms with E-state index in [9.17, 15) is 24.5 Å². The van der Waals surface area contributed by atoms with Crippen molar-refractivity contribution in [2.45, 2.75) is 26.7 Å². The first-order valence-electron chi connectivity index (χ1n) is 8.36. The third kappa shape index (κ3) is 2.98. The molecule has 3 amide bonds. The molecule has 1 saturated heterocycles. The maximum Gasteiger partial charge on any atom is 0.293 e. The van der Waals surface area contributed by atoms with Gasteiger partial charge in [0, 0.05) is 6.07 Å². The van der Waals surface area contributed by atoms with Gasteiger partial charge in [-0.05, 0) is 37.8 Å². The Bertz CT molecular complexity index is 819. The van der Waals surface area contributed by atoms with E-state index in [-0.39, 0.29) is 23.2 Å². The number of hydrogen-bond acceptors (Lipinski definition) is 5. The number of likely N-dealkylation sites (tertiary alicyclic amines) is 1. The predicted octanol–water partition coefficient (Wildman–Crippen LogP) is 2.10. The minimum atomic E-state index is -0.630. The Morgan fingerprint density at radius 2 is 1.77 bits per heavy atom. The summed E-state index contributed by atoms with van der Waals surface area (Å²) in [6, 6.07) is 2.93. The highest BCUT2D eigenvalue weighted by atomic mass is 16.6. The standard InChI is InChI=1S/C18H19N3O5/c1-10-7-8-14(21(25)26)16(11(10)2)19-15(22)9-20-17(23)12-5-3-4-6-13(12)18(20)24/h3-4,7-8,12-13H,5-6,9H2,1-2H3,(H,19,22)/t12-,13-/m0/s1. The number of anilines is 1. The second-order valence-corrected chi connectivity index (χ2v) is 6.63. The molecule has 1 aliphatic heterocycles. The van der Waals surface area contributed by atoms with E-state index in [0.717, 1.165) is 10.5 Å². The van der Waals surface area contributed by atoms with Crippen LogP contribution in [0.2, 0.25) is 0 Å². The first-order chi connectivity index (χ1) is 12.3. The Morgan fingerprint density at radius 1 is 1.19 bits per heavy atom. The predicted molar refractivity (Wildman–Crippen MR) is 93.3 cm³/mol. The van der Waals surface area contributed by atoms with Crippen LogP contribution < -0.4 is 5.32 Å². The number of aryl methyl sites for hydroxylation is 1. The molecule has 0 saturated carbocycles. The molecule has 0 bridgehead atoms. The zero-order chi connectivity index (χ0) is 19.0. The van der Waals surface area contributed by atoms with Gasteiger partial charge in [-0.2, -0.15) is 0 Å². The number of nitro groups is 1. The Balaban J connectivity index is 1.78. The number of fused-ring (bicyclic) bond motifs is 1. The summed E-state index contributed by atoms with van der Waals surface area (Å²) < 4.78 is 0. The first kappa shape index (κ1) is 17.8. The summed E-state index contributed by atoms with van der Waals surface area (Å²) in [4.78, 5) is 48.8. The van der Waals surface area contributed by atoms with Crippen molar-refractivity contribution >= 4 is 29.1 Å². The van der Waals surface area contributed by atoms with E-state index in [1.165, 1.54) is 6.07 Å². The fourth-order valence-corrected chi connectivity index (χ4v) is 3.46. The molecule has 0 aromatic heterocycles. The number of imide groups is 1. The van der Waals surface area contributed by atoms with E-state index in [1.807, 2.05) is 12.2 Å². The summed E-state index contributed by atoms with van der Waals surface area (Å²) >= 11 is 0. The fourth-order valence-electron chi connectivity index (χ4n) is 3.46. The van der Waals surface area contributed by atoms with Crippen molar-refractivity contribution in [3.8, 4) is 0 Å². The minimum absolute atomic E-state index is 0.0955. The molecular formula is C18H19N3O5. The summed E-state index contributed by atoms with van der Waals surface area (Å²) in [5.74, 6) is -2.15. The molecule has 8 heteroatoms. The number of allylic oxidation sites excluding steroid dienone is 2. The van der Waals surface area contributed by atoms with Crippen LogP contribution in [0.3, 0.4) is 0 Å². The Morgan fingerprint density at radius 3 is 2.31 bits per heavy atom. The van der Waals surface area contributed by atoms with Crippen LogP contribution in [0.4, 0.5) is 11.4 Å². The molecule has 2 atom stereocenters. The van der Waals surface area contributed by atoms with E-state index >= 15 is 0 Å². The number of hydrogen-bond donors (Lipinski definition) is 1. The van der Waals surface area contributed by atoms with Crippen molar-refractivity contribution in [2.75, 3.05) is 11.9 Å². The highest BCUT2D eigenvalue weighted by Crippen LogP contribution is 2.35. The van der Waals surface area contributed by atoms with Crippen molar-refractivity contribution in [3.05, 3.63) is 45.5 Å². The molecule has 1 aromatic carbocycles. The SMILES string of the molecule is Cc1ccc([N+](=O)[O-])c(NC(=O)CN2C(=O)[C@H]3CC=CC[C@@H]3C2=O)c1C. The molecule has 1 heterocycles. The van der Waals surface area contributed by atoms with Crippen LogP contribution in [0, 0.1) is 35.8 Å². The molecule has 0 unspecified atom stereocenters. The third-order valence-electron chi connectivity index (χ3n) is 5.08. The van der Waals surface area contributed by atoms with Crippen LogP contribution in [0.5, 0.6) is 0 Å². The highest BCUT2D eigenvalue weighted by molar-refractivity contribution is 6.09. The largest absolute Gasteiger partial charge is 0.319 e. The number of amides is 3. The van der Waals surface area contributed by atoms with E-state index in [4.69, 9.17) is 0 Å². The topological polar surface area (TPSA) is 110 Å². The van der Waals surface area contributed by atoms with Crippen LogP contribution in [-0.2, 0) is 14.4 Å². The van der Waals surface area contributed by atoms with Gasteiger partial charge in [0.2, 0.25) is 17.7 Å². The van der Waals surface area contributed by atoms with Gasteiger partial charge < -0.3 is 5.32 Å². The average Bonchev–Trinajstić information content (AvgIpc) is 2.84. The minimum Gasteiger partial charge on any atom is -0.319 e. The van der Waals surface area contributed by atoms with Crippen molar-refractivity contribution in [1.82, 2.24) is 4.90 Å². The summed E-state index contributed by atoms with van der Waals surface area (Å²) in [5.41, 5.74) is 1.23. The molecule has 1 aliphatic carbocycles. The number of benzene rings is 1. The molecule has 0 radical (unpaired) electrons. The van der Waals surface area contributed by atoms with Crippen molar-refractivity contribution in [2.24, 2.45) is 11.8 Å². The molecule has 136 valence electrons. The third-order valence-corrected chi connectivity index (χ3v) is 5.08. The second kappa shape index (κ2) is 6.70. The average molecular weight is 357 g/mol. The van der Waals surface area contributed by atoms with Gasteiger partial charge in [-0.25, -0.2) is 0 Å². The molecule has 2 aliphatic rings. The second-order valence-electron chi connectivity index (χ2n) is 6.63. The normalized spacial score (nSPS) is 21.7. The van der Waals surface area contributed by atoms with E-state index < -0.39 is 29.2 Å². The summed E-state index contributed by atoms with van der Waals surface area (Å²) in [7, 11) is 0. The molecule has 0 spiro atoms. The number of nitrogens with one attached hydrogen (secondary N) is 1. The van der Waals surface area contributed by atoms with Gasteiger partial charge in [0.15, 0.2) is 0 Å². The van der Waals surface area contributed by atoms with Crippen LogP contribution in [0.1, 0.15) is 24.0 Å². The van der Waals surface area contributed by atoms with E-state index in [1.54, 1.807) is 19.9 Å². The lowest BCUT2D eigenvalue weighted by molar-refractivity contribution is -0.384. The van der Waals surface area contributed by atoms with Crippen LogP contribution in [0.25, 0.3) is 0 Å². The zero-order valence-electron chi connectivity index (χ0n) is 14.5. The lowest BCUT2D eigenvalue weighted by Gasteiger charge is -2.16. The maximum atomic E-state index is 12.4. The van der Waals surface area contributed by atoms with E-state index in [0.29, 0.717) is 18.4 Å². The molecule has 1 fully saturated rings. The monoisotopic (exact) mass is 357 g/mol. The molecule has 26 heavy (non-hydrogen) atoms. The molecular weight excluding hydrogens is 338 g/mol. The van der Waals surface area contributed by atoms with Crippen molar-refractivity contribution in [3.63, 3.8) is 0 Å². The van der Waals surface area contributed by atoms with Gasteiger partial charge in [0.1, 0.15) is 12.2 Å². The van der Waals surface area contributed by atoms with Crippen LogP contribution >= 0.6 is 0 Å². The number of rotatable bonds is 4. The van der Waals surface area contributed by atoms with Gasteiger partial charge in [-0.15, -0.1) is 0 Å². The molecule has 3 rings (SSSR count). The lowest BCUT2D eigenvalue weighted by Crippen LogP contribution is -2.38. The molecule has 1 N–H and O–H groups in total. The number of carbonyl (C=O) groups excluding carboxylic acids is 3. The van der Waals surface area contributed by atoms with Gasteiger partial charge in [0.25, 0.3) is 5.69 Å². The summed E-state index contributed by atoms with van der Waals surface area (Å²) in [6.07, 6.45) is 4.73. The van der Waals surface area contributed by atoms with Gasteiger partial charge in [-0.1, -0.05) is 18.2 Å². The number of carbonyl (C=O) groups is 3. The maximum absolute atomic E-state index is 12.4. The molecule has 1 aromatic rings. The molecule has 8 nitrogen and oxygen atoms in total.